The minimum Gasteiger partial charge on any atom is -0.467 e. The lowest BCUT2D eigenvalue weighted by Gasteiger charge is -2.35. The summed E-state index contributed by atoms with van der Waals surface area (Å²) in [6.45, 7) is 4.34. The lowest BCUT2D eigenvalue weighted by atomic mass is 10.3. The predicted octanol–water partition coefficient (Wildman–Crippen LogP) is 0.606. The molecule has 3 rings (SSSR count). The molecule has 3 amide bonds. The van der Waals surface area contributed by atoms with Crippen LogP contribution in [0.4, 0.5) is 10.7 Å². The second-order valence-corrected chi connectivity index (χ2v) is 5.99. The van der Waals surface area contributed by atoms with Crippen LogP contribution in [0.2, 0.25) is 0 Å². The highest BCUT2D eigenvalue weighted by molar-refractivity contribution is 5.86. The van der Waals surface area contributed by atoms with Gasteiger partial charge in [0.1, 0.15) is 11.8 Å². The number of nitrogens with zero attached hydrogens (tertiary/aromatic N) is 4. The van der Waals surface area contributed by atoms with Gasteiger partial charge in [-0.05, 0) is 25.1 Å². The average molecular weight is 358 g/mol. The Morgan fingerprint density at radius 3 is 2.58 bits per heavy atom. The molecule has 1 aliphatic heterocycles. The lowest BCUT2D eigenvalue weighted by Crippen LogP contribution is -2.55. The normalized spacial score (nSPS) is 15.4. The fraction of sp³-hybridized carbons (Fsp3) is 0.412. The maximum atomic E-state index is 12.4. The molecule has 0 spiro atoms. The number of piperazine rings is 1. The number of hydrogen-bond donors (Lipinski definition) is 2. The van der Waals surface area contributed by atoms with E-state index in [0.717, 1.165) is 0 Å². The third-order valence-electron chi connectivity index (χ3n) is 4.15. The van der Waals surface area contributed by atoms with E-state index in [0.29, 0.717) is 44.4 Å². The molecule has 3 heterocycles. The summed E-state index contributed by atoms with van der Waals surface area (Å²) >= 11 is 0. The monoisotopic (exact) mass is 358 g/mol. The number of amides is 3. The molecule has 1 fully saturated rings. The van der Waals surface area contributed by atoms with Gasteiger partial charge in [-0.1, -0.05) is 0 Å². The summed E-state index contributed by atoms with van der Waals surface area (Å²) in [6.07, 6.45) is 4.95. The number of urea groups is 1. The second-order valence-electron chi connectivity index (χ2n) is 5.99. The third-order valence-corrected chi connectivity index (χ3v) is 4.15. The maximum Gasteiger partial charge on any atom is 0.318 e. The Labute approximate surface area is 151 Å². The van der Waals surface area contributed by atoms with Crippen molar-refractivity contribution in [2.45, 2.75) is 19.5 Å². The zero-order valence-corrected chi connectivity index (χ0v) is 14.6. The van der Waals surface area contributed by atoms with Gasteiger partial charge in [0.2, 0.25) is 11.9 Å². The third kappa shape index (κ3) is 4.50. The lowest BCUT2D eigenvalue weighted by molar-refractivity contribution is -0.122. The Bertz CT molecular complexity index is 713. The Balaban J connectivity index is 1.42. The number of aromatic nitrogens is 2. The highest BCUT2D eigenvalue weighted by Crippen LogP contribution is 2.09. The van der Waals surface area contributed by atoms with E-state index in [1.54, 1.807) is 48.7 Å². The standard InChI is InChI=1S/C17H22N6O3/c1-13(15(24)20-12-14-4-2-11-26-14)21-17(25)23-9-7-22(8-10-23)16-18-5-3-6-19-16/h2-6,11,13H,7-10,12H2,1H3,(H,20,24)(H,21,25)/t13-/m1/s1. The molecule has 0 aliphatic carbocycles. The van der Waals surface area contributed by atoms with Crippen molar-refractivity contribution in [2.75, 3.05) is 31.1 Å². The highest BCUT2D eigenvalue weighted by Gasteiger charge is 2.24. The van der Waals surface area contributed by atoms with E-state index in [2.05, 4.69) is 20.6 Å². The van der Waals surface area contributed by atoms with Crippen LogP contribution >= 0.6 is 0 Å². The van der Waals surface area contributed by atoms with Crippen LogP contribution in [0.3, 0.4) is 0 Å². The molecule has 138 valence electrons. The summed E-state index contributed by atoms with van der Waals surface area (Å²) in [5.41, 5.74) is 0. The first kappa shape index (κ1) is 17.7. The van der Waals surface area contributed by atoms with Crippen LogP contribution < -0.4 is 15.5 Å². The molecule has 26 heavy (non-hydrogen) atoms. The number of hydrogen-bond acceptors (Lipinski definition) is 6. The van der Waals surface area contributed by atoms with E-state index in [9.17, 15) is 9.59 Å². The number of furan rings is 1. The smallest absolute Gasteiger partial charge is 0.318 e. The first-order chi connectivity index (χ1) is 12.6. The van der Waals surface area contributed by atoms with Gasteiger partial charge in [-0.15, -0.1) is 0 Å². The van der Waals surface area contributed by atoms with E-state index in [4.69, 9.17) is 4.42 Å². The van der Waals surface area contributed by atoms with Crippen LogP contribution in [0, 0.1) is 0 Å². The summed E-state index contributed by atoms with van der Waals surface area (Å²) in [4.78, 5) is 36.6. The molecule has 0 radical (unpaired) electrons. The molecule has 1 atom stereocenters. The maximum absolute atomic E-state index is 12.4. The molecule has 0 aromatic carbocycles. The van der Waals surface area contributed by atoms with Gasteiger partial charge in [-0.3, -0.25) is 4.79 Å². The Morgan fingerprint density at radius 2 is 1.92 bits per heavy atom. The van der Waals surface area contributed by atoms with Gasteiger partial charge in [0.05, 0.1) is 12.8 Å². The summed E-state index contributed by atoms with van der Waals surface area (Å²) in [7, 11) is 0. The molecular formula is C17H22N6O3. The molecule has 9 nitrogen and oxygen atoms in total. The fourth-order valence-corrected chi connectivity index (χ4v) is 2.65. The second kappa shape index (κ2) is 8.32. The van der Waals surface area contributed by atoms with Gasteiger partial charge in [0.25, 0.3) is 0 Å². The average Bonchev–Trinajstić information content (AvgIpc) is 3.20. The van der Waals surface area contributed by atoms with Gasteiger partial charge in [-0.2, -0.15) is 0 Å². The Morgan fingerprint density at radius 1 is 1.19 bits per heavy atom. The molecule has 0 bridgehead atoms. The molecule has 2 aromatic heterocycles. The van der Waals surface area contributed by atoms with E-state index in [-0.39, 0.29) is 11.9 Å². The van der Waals surface area contributed by atoms with Crippen LogP contribution in [-0.2, 0) is 11.3 Å². The topological polar surface area (TPSA) is 104 Å². The highest BCUT2D eigenvalue weighted by atomic mass is 16.3. The molecule has 1 saturated heterocycles. The van der Waals surface area contributed by atoms with Crippen molar-refractivity contribution in [2.24, 2.45) is 0 Å². The van der Waals surface area contributed by atoms with E-state index in [1.165, 1.54) is 0 Å². The van der Waals surface area contributed by atoms with Gasteiger partial charge >= 0.3 is 6.03 Å². The number of carbonyl (C=O) groups excluding carboxylic acids is 2. The van der Waals surface area contributed by atoms with Gasteiger partial charge in [-0.25, -0.2) is 14.8 Å². The van der Waals surface area contributed by atoms with E-state index in [1.807, 2.05) is 4.90 Å². The van der Waals surface area contributed by atoms with E-state index >= 15 is 0 Å². The first-order valence-electron chi connectivity index (χ1n) is 8.51. The van der Waals surface area contributed by atoms with Crippen molar-refractivity contribution < 1.29 is 14.0 Å². The van der Waals surface area contributed by atoms with E-state index < -0.39 is 6.04 Å². The quantitative estimate of drug-likeness (QED) is 0.811. The fourth-order valence-electron chi connectivity index (χ4n) is 2.65. The number of carbonyl (C=O) groups is 2. The number of nitrogens with one attached hydrogen (secondary N) is 2. The summed E-state index contributed by atoms with van der Waals surface area (Å²) in [6, 6.07) is 4.42. The predicted molar refractivity (Wildman–Crippen MR) is 94.4 cm³/mol. The van der Waals surface area contributed by atoms with Crippen LogP contribution in [-0.4, -0.2) is 59.0 Å². The van der Waals surface area contributed by atoms with Crippen LogP contribution in [0.15, 0.2) is 41.3 Å². The summed E-state index contributed by atoms with van der Waals surface area (Å²) in [5, 5.41) is 5.46. The van der Waals surface area contributed by atoms with Crippen molar-refractivity contribution in [1.82, 2.24) is 25.5 Å². The van der Waals surface area contributed by atoms with Crippen molar-refractivity contribution in [3.63, 3.8) is 0 Å². The minimum absolute atomic E-state index is 0.251. The van der Waals surface area contributed by atoms with Crippen LogP contribution in [0.5, 0.6) is 0 Å². The minimum atomic E-state index is -0.632. The molecule has 2 aromatic rings. The largest absolute Gasteiger partial charge is 0.467 e. The van der Waals surface area contributed by atoms with Crippen LogP contribution in [0.25, 0.3) is 0 Å². The molecule has 2 N–H and O–H groups in total. The number of rotatable bonds is 5. The summed E-state index contributed by atoms with van der Waals surface area (Å²) < 4.78 is 5.16. The van der Waals surface area contributed by atoms with Gasteiger partial charge in [0.15, 0.2) is 0 Å². The van der Waals surface area contributed by atoms with Crippen molar-refractivity contribution in [3.05, 3.63) is 42.6 Å². The number of anilines is 1. The van der Waals surface area contributed by atoms with Crippen molar-refractivity contribution in [3.8, 4) is 0 Å². The SMILES string of the molecule is C[C@@H](NC(=O)N1CCN(c2ncccn2)CC1)C(=O)NCc1ccco1. The molecular weight excluding hydrogens is 336 g/mol. The van der Waals surface area contributed by atoms with Crippen LogP contribution in [0.1, 0.15) is 12.7 Å². The van der Waals surface area contributed by atoms with Gasteiger partial charge in [0, 0.05) is 38.6 Å². The van der Waals surface area contributed by atoms with Gasteiger partial charge < -0.3 is 24.9 Å². The molecule has 0 saturated carbocycles. The Kier molecular flexibility index (Phi) is 5.67. The zero-order chi connectivity index (χ0) is 18.4. The summed E-state index contributed by atoms with van der Waals surface area (Å²) in [5.74, 6) is 1.07. The Hall–Kier alpha value is -3.10. The first-order valence-corrected chi connectivity index (χ1v) is 8.51. The molecule has 1 aliphatic rings. The molecule has 9 heteroatoms. The molecule has 0 unspecified atom stereocenters. The zero-order valence-electron chi connectivity index (χ0n) is 14.6. The van der Waals surface area contributed by atoms with Crippen molar-refractivity contribution in [1.29, 1.82) is 0 Å². The van der Waals surface area contributed by atoms with Crippen molar-refractivity contribution >= 4 is 17.9 Å².